The van der Waals surface area contributed by atoms with Gasteiger partial charge in [-0.25, -0.2) is 8.97 Å². The first-order valence-corrected chi connectivity index (χ1v) is 15.1. The van der Waals surface area contributed by atoms with E-state index in [0.29, 0.717) is 29.3 Å². The normalized spacial score (nSPS) is 14.5. The quantitative estimate of drug-likeness (QED) is 0.246. The largest absolute Gasteiger partial charge is 0.370 e. The number of aromatic nitrogens is 4. The molecule has 0 saturated heterocycles. The van der Waals surface area contributed by atoms with Gasteiger partial charge in [0.1, 0.15) is 4.83 Å². The molecule has 0 bridgehead atoms. The number of rotatable bonds is 5. The maximum absolute atomic E-state index is 14.2. The SMILES string of the molecule is Cc1cccc(-n2c(=O)c3c4c(sc3n3c(SCC(=O)Nc5cccc6ccccc56)nnc23)COC(C)(C)C4)c1. The zero-order valence-corrected chi connectivity index (χ0v) is 24.4. The molecule has 0 unspecified atom stereocenters. The van der Waals surface area contributed by atoms with Crippen LogP contribution < -0.4 is 10.9 Å². The highest BCUT2D eigenvalue weighted by Gasteiger charge is 2.32. The number of thiophene rings is 1. The van der Waals surface area contributed by atoms with E-state index in [-0.39, 0.29) is 22.8 Å². The molecule has 0 spiro atoms. The molecular formula is C31H27N5O3S2. The Morgan fingerprint density at radius 1 is 1.10 bits per heavy atom. The van der Waals surface area contributed by atoms with E-state index in [1.165, 1.54) is 23.1 Å². The van der Waals surface area contributed by atoms with Gasteiger partial charge in [-0.15, -0.1) is 21.5 Å². The van der Waals surface area contributed by atoms with Crippen LogP contribution >= 0.6 is 23.1 Å². The van der Waals surface area contributed by atoms with Gasteiger partial charge in [0.15, 0.2) is 5.16 Å². The Bertz CT molecular complexity index is 2050. The van der Waals surface area contributed by atoms with Crippen molar-refractivity contribution in [3.8, 4) is 5.69 Å². The van der Waals surface area contributed by atoms with Crippen molar-refractivity contribution in [3.63, 3.8) is 0 Å². The van der Waals surface area contributed by atoms with Gasteiger partial charge in [-0.1, -0.05) is 60.3 Å². The van der Waals surface area contributed by atoms with Crippen LogP contribution in [0.15, 0.2) is 76.7 Å². The monoisotopic (exact) mass is 581 g/mol. The molecule has 10 heteroatoms. The second-order valence-corrected chi connectivity index (χ2v) is 12.9. The van der Waals surface area contributed by atoms with Gasteiger partial charge in [0.2, 0.25) is 11.7 Å². The van der Waals surface area contributed by atoms with Crippen molar-refractivity contribution < 1.29 is 9.53 Å². The molecule has 1 aliphatic heterocycles. The maximum atomic E-state index is 14.2. The van der Waals surface area contributed by atoms with E-state index < -0.39 is 0 Å². The Kier molecular flexibility index (Phi) is 6.22. The van der Waals surface area contributed by atoms with Crippen LogP contribution in [0.25, 0.3) is 32.5 Å². The molecule has 0 aliphatic carbocycles. The Labute approximate surface area is 244 Å². The molecule has 0 radical (unpaired) electrons. The maximum Gasteiger partial charge on any atom is 0.268 e. The van der Waals surface area contributed by atoms with Crippen LogP contribution in [0.5, 0.6) is 0 Å². The van der Waals surface area contributed by atoms with E-state index in [9.17, 15) is 9.59 Å². The minimum absolute atomic E-state index is 0.119. The molecule has 1 N–H and O–H groups in total. The van der Waals surface area contributed by atoms with Crippen molar-refractivity contribution in [2.75, 3.05) is 11.1 Å². The molecule has 6 aromatic rings. The summed E-state index contributed by atoms with van der Waals surface area (Å²) in [6.07, 6.45) is 0.634. The van der Waals surface area contributed by atoms with Crippen LogP contribution in [-0.2, 0) is 22.6 Å². The fourth-order valence-corrected chi connectivity index (χ4v) is 7.46. The predicted octanol–water partition coefficient (Wildman–Crippen LogP) is 6.14. The zero-order chi connectivity index (χ0) is 28.3. The summed E-state index contributed by atoms with van der Waals surface area (Å²) in [6.45, 7) is 6.54. The molecule has 0 fully saturated rings. The van der Waals surface area contributed by atoms with Crippen LogP contribution in [0.4, 0.5) is 5.69 Å². The van der Waals surface area contributed by atoms with Crippen LogP contribution in [-0.4, -0.2) is 36.4 Å². The Hall–Kier alpha value is -3.99. The average molecular weight is 582 g/mol. The average Bonchev–Trinajstić information content (AvgIpc) is 3.53. The fraction of sp³-hybridized carbons (Fsp3) is 0.226. The minimum Gasteiger partial charge on any atom is -0.370 e. The Balaban J connectivity index is 1.32. The van der Waals surface area contributed by atoms with Gasteiger partial charge in [0, 0.05) is 22.4 Å². The molecule has 3 aromatic heterocycles. The van der Waals surface area contributed by atoms with Crippen LogP contribution in [0, 0.1) is 6.92 Å². The minimum atomic E-state index is -0.374. The number of thioether (sulfide) groups is 1. The highest BCUT2D eigenvalue weighted by molar-refractivity contribution is 7.99. The van der Waals surface area contributed by atoms with Crippen molar-refractivity contribution in [2.45, 2.75) is 44.6 Å². The number of carbonyl (C=O) groups is 1. The number of ether oxygens (including phenoxy) is 1. The van der Waals surface area contributed by atoms with Crippen molar-refractivity contribution in [1.82, 2.24) is 19.2 Å². The number of nitrogens with one attached hydrogen (secondary N) is 1. The molecule has 1 amide bonds. The molecule has 41 heavy (non-hydrogen) atoms. The molecule has 7 rings (SSSR count). The van der Waals surface area contributed by atoms with Crippen LogP contribution in [0.3, 0.4) is 0 Å². The summed E-state index contributed by atoms with van der Waals surface area (Å²) in [6, 6.07) is 21.6. The van der Waals surface area contributed by atoms with Gasteiger partial charge in [-0.3, -0.25) is 9.59 Å². The summed E-state index contributed by atoms with van der Waals surface area (Å²) in [5, 5.41) is 15.3. The number of carbonyl (C=O) groups excluding carboxylic acids is 1. The standard InChI is InChI=1S/C31H27N5O3S2/c1-18-8-6-11-20(14-18)35-27(38)26-22-15-31(2,3)39-16-24(22)41-28(26)36-29(35)33-34-30(36)40-17-25(37)32-23-13-7-10-19-9-4-5-12-21(19)23/h4-14H,15-17H2,1-3H3,(H,32,37). The van der Waals surface area contributed by atoms with E-state index in [1.54, 1.807) is 4.57 Å². The summed E-state index contributed by atoms with van der Waals surface area (Å²) >= 11 is 2.84. The zero-order valence-electron chi connectivity index (χ0n) is 22.8. The van der Waals surface area contributed by atoms with Crippen molar-refractivity contribution >= 4 is 61.5 Å². The topological polar surface area (TPSA) is 90.5 Å². The van der Waals surface area contributed by atoms with E-state index in [1.807, 2.05) is 91.9 Å². The molecule has 0 saturated carbocycles. The first-order chi connectivity index (χ1) is 19.8. The van der Waals surface area contributed by atoms with Gasteiger partial charge in [-0.2, -0.15) is 0 Å². The Morgan fingerprint density at radius 3 is 2.76 bits per heavy atom. The molecule has 1 aliphatic rings. The highest BCUT2D eigenvalue weighted by Crippen LogP contribution is 2.39. The van der Waals surface area contributed by atoms with E-state index in [4.69, 9.17) is 4.74 Å². The van der Waals surface area contributed by atoms with Gasteiger partial charge in [0.25, 0.3) is 5.56 Å². The second kappa shape index (κ2) is 9.83. The van der Waals surface area contributed by atoms with Crippen molar-refractivity contribution in [3.05, 3.63) is 93.1 Å². The number of anilines is 1. The molecule has 206 valence electrons. The summed E-state index contributed by atoms with van der Waals surface area (Å²) in [4.78, 5) is 29.1. The molecule has 8 nitrogen and oxygen atoms in total. The third kappa shape index (κ3) is 4.52. The van der Waals surface area contributed by atoms with Gasteiger partial charge in [0.05, 0.1) is 29.0 Å². The lowest BCUT2D eigenvalue weighted by molar-refractivity contribution is -0.113. The summed E-state index contributed by atoms with van der Waals surface area (Å²) in [5.41, 5.74) is 3.06. The van der Waals surface area contributed by atoms with Crippen molar-refractivity contribution in [2.24, 2.45) is 0 Å². The van der Waals surface area contributed by atoms with Gasteiger partial charge < -0.3 is 10.1 Å². The first-order valence-electron chi connectivity index (χ1n) is 13.3. The third-order valence-corrected chi connectivity index (χ3v) is 9.48. The number of hydrogen-bond acceptors (Lipinski definition) is 7. The van der Waals surface area contributed by atoms with Crippen LogP contribution in [0.1, 0.15) is 29.9 Å². The summed E-state index contributed by atoms with van der Waals surface area (Å²) in [7, 11) is 0. The third-order valence-electron chi connectivity index (χ3n) is 7.36. The van der Waals surface area contributed by atoms with E-state index >= 15 is 0 Å². The summed E-state index contributed by atoms with van der Waals surface area (Å²) in [5.74, 6) is 0.409. The second-order valence-electron chi connectivity index (χ2n) is 10.9. The smallest absolute Gasteiger partial charge is 0.268 e. The van der Waals surface area contributed by atoms with Gasteiger partial charge >= 0.3 is 0 Å². The molecule has 4 heterocycles. The summed E-state index contributed by atoms with van der Waals surface area (Å²) < 4.78 is 9.64. The number of amides is 1. The number of fused-ring (bicyclic) bond motifs is 6. The predicted molar refractivity (Wildman–Crippen MR) is 165 cm³/mol. The molecular weight excluding hydrogens is 555 g/mol. The molecule has 3 aromatic carbocycles. The lowest BCUT2D eigenvalue weighted by Crippen LogP contribution is -2.32. The van der Waals surface area contributed by atoms with Crippen molar-refractivity contribution in [1.29, 1.82) is 0 Å². The lowest BCUT2D eigenvalue weighted by atomic mass is 9.94. The lowest BCUT2D eigenvalue weighted by Gasteiger charge is -2.29. The van der Waals surface area contributed by atoms with Crippen LogP contribution in [0.2, 0.25) is 0 Å². The highest BCUT2D eigenvalue weighted by atomic mass is 32.2. The van der Waals surface area contributed by atoms with E-state index in [0.717, 1.165) is 43.0 Å². The Morgan fingerprint density at radius 2 is 1.90 bits per heavy atom. The molecule has 0 atom stereocenters. The number of benzene rings is 3. The first kappa shape index (κ1) is 25.9. The van der Waals surface area contributed by atoms with Gasteiger partial charge in [-0.05, 0) is 55.5 Å². The number of aryl methyl sites for hydroxylation is 1. The van der Waals surface area contributed by atoms with E-state index in [2.05, 4.69) is 15.5 Å². The number of hydrogen-bond donors (Lipinski definition) is 1. The fourth-order valence-electron chi connectivity index (χ4n) is 5.45. The number of nitrogens with zero attached hydrogens (tertiary/aromatic N) is 4.